The number of anilines is 2. The molecule has 7 heteroatoms. The Morgan fingerprint density at radius 3 is 2.69 bits per heavy atom. The summed E-state index contributed by atoms with van der Waals surface area (Å²) >= 11 is 0. The fourth-order valence-corrected chi connectivity index (χ4v) is 3.42. The van der Waals surface area contributed by atoms with E-state index in [2.05, 4.69) is 28.6 Å². The second kappa shape index (κ2) is 7.43. The van der Waals surface area contributed by atoms with Crippen molar-refractivity contribution in [1.82, 2.24) is 9.55 Å². The maximum Gasteiger partial charge on any atom is 0.257 e. The number of ether oxygens (including phenoxy) is 1. The zero-order chi connectivity index (χ0) is 20.5. The van der Waals surface area contributed by atoms with E-state index in [1.54, 1.807) is 18.6 Å². The Morgan fingerprint density at radius 2 is 1.93 bits per heavy atom. The van der Waals surface area contributed by atoms with E-state index in [4.69, 9.17) is 9.73 Å². The molecule has 0 bridgehead atoms. The predicted molar refractivity (Wildman–Crippen MR) is 115 cm³/mol. The molecule has 0 saturated heterocycles. The number of guanidine groups is 1. The van der Waals surface area contributed by atoms with Crippen molar-refractivity contribution >= 4 is 17.6 Å². The number of hydrogen-bond acceptors (Lipinski definition) is 6. The molecule has 148 valence electrons. The Hall–Kier alpha value is -3.61. The molecule has 3 aromatic rings. The summed E-state index contributed by atoms with van der Waals surface area (Å²) < 4.78 is 6.90. The molecular weight excluding hydrogens is 366 g/mol. The molecule has 2 heterocycles. The zero-order valence-electron chi connectivity index (χ0n) is 16.9. The lowest BCUT2D eigenvalue weighted by Crippen LogP contribution is -2.37. The van der Waals surface area contributed by atoms with Crippen molar-refractivity contribution in [1.29, 1.82) is 0 Å². The number of rotatable bonds is 3. The highest BCUT2D eigenvalue weighted by molar-refractivity contribution is 6.04. The monoisotopic (exact) mass is 389 g/mol. The molecule has 4 rings (SSSR count). The van der Waals surface area contributed by atoms with Gasteiger partial charge in [-0.3, -0.25) is 14.7 Å². The van der Waals surface area contributed by atoms with Gasteiger partial charge in [-0.15, -0.1) is 0 Å². The second-order valence-corrected chi connectivity index (χ2v) is 7.13. The number of fused-ring (bicyclic) bond motifs is 1. The number of benzene rings is 2. The molecule has 2 N–H and O–H groups in total. The number of aliphatic imine (C=N–C) groups is 1. The average Bonchev–Trinajstić information content (AvgIpc) is 2.69. The third-order valence-corrected chi connectivity index (χ3v) is 4.83. The van der Waals surface area contributed by atoms with Crippen LogP contribution in [-0.2, 0) is 0 Å². The van der Waals surface area contributed by atoms with Crippen LogP contribution in [0, 0.1) is 20.8 Å². The van der Waals surface area contributed by atoms with Crippen molar-refractivity contribution in [2.45, 2.75) is 26.9 Å². The highest BCUT2D eigenvalue weighted by Gasteiger charge is 2.25. The second-order valence-electron chi connectivity index (χ2n) is 7.13. The zero-order valence-corrected chi connectivity index (χ0v) is 16.9. The molecule has 0 spiro atoms. The van der Waals surface area contributed by atoms with Crippen LogP contribution in [0.1, 0.15) is 28.6 Å². The fraction of sp³-hybridized carbons (Fsp3) is 0.227. The van der Waals surface area contributed by atoms with Crippen LogP contribution in [0.5, 0.6) is 5.75 Å². The number of aromatic nitrogens is 2. The fourth-order valence-electron chi connectivity index (χ4n) is 3.42. The van der Waals surface area contributed by atoms with Gasteiger partial charge in [-0.2, -0.15) is 0 Å². The smallest absolute Gasteiger partial charge is 0.257 e. The third-order valence-electron chi connectivity index (χ3n) is 4.83. The summed E-state index contributed by atoms with van der Waals surface area (Å²) in [6.07, 6.45) is -0.560. The minimum atomic E-state index is -0.560. The largest absolute Gasteiger partial charge is 0.497 e. The van der Waals surface area contributed by atoms with Gasteiger partial charge in [0.1, 0.15) is 5.75 Å². The quantitative estimate of drug-likeness (QED) is 0.715. The van der Waals surface area contributed by atoms with Gasteiger partial charge in [-0.05, 0) is 44.5 Å². The summed E-state index contributed by atoms with van der Waals surface area (Å²) in [6.45, 7) is 5.90. The predicted octanol–water partition coefficient (Wildman–Crippen LogP) is 3.62. The van der Waals surface area contributed by atoms with Crippen molar-refractivity contribution in [3.05, 3.63) is 81.3 Å². The molecule has 0 radical (unpaired) electrons. The van der Waals surface area contributed by atoms with E-state index in [0.717, 1.165) is 16.8 Å². The highest BCUT2D eigenvalue weighted by Crippen LogP contribution is 2.28. The van der Waals surface area contributed by atoms with Crippen molar-refractivity contribution < 1.29 is 4.74 Å². The van der Waals surface area contributed by atoms with Crippen LogP contribution in [0.25, 0.3) is 0 Å². The Labute approximate surface area is 169 Å². The minimum absolute atomic E-state index is 0.165. The molecule has 1 aromatic heterocycles. The molecule has 7 nitrogen and oxygen atoms in total. The van der Waals surface area contributed by atoms with Crippen LogP contribution in [-0.4, -0.2) is 22.6 Å². The lowest BCUT2D eigenvalue weighted by atomic mass is 10.1. The molecule has 0 unspecified atom stereocenters. The molecule has 2 aromatic carbocycles. The normalized spacial score (nSPS) is 15.2. The van der Waals surface area contributed by atoms with E-state index in [-0.39, 0.29) is 5.56 Å². The number of nitrogens with one attached hydrogen (secondary N) is 2. The summed E-state index contributed by atoms with van der Waals surface area (Å²) in [5, 5.41) is 6.49. The summed E-state index contributed by atoms with van der Waals surface area (Å²) in [4.78, 5) is 22.0. The summed E-state index contributed by atoms with van der Waals surface area (Å²) in [7, 11) is 1.61. The number of aryl methyl sites for hydroxylation is 3. The van der Waals surface area contributed by atoms with E-state index in [0.29, 0.717) is 23.4 Å². The van der Waals surface area contributed by atoms with Crippen molar-refractivity contribution in [2.24, 2.45) is 4.99 Å². The Bertz CT molecular complexity index is 1170. The van der Waals surface area contributed by atoms with Gasteiger partial charge in [0.25, 0.3) is 5.56 Å². The first-order valence-corrected chi connectivity index (χ1v) is 9.38. The average molecular weight is 389 g/mol. The summed E-state index contributed by atoms with van der Waals surface area (Å²) in [5.41, 5.74) is 4.55. The third kappa shape index (κ3) is 3.71. The first-order chi connectivity index (χ1) is 13.9. The van der Waals surface area contributed by atoms with E-state index >= 15 is 0 Å². The number of methoxy groups -OCH3 is 1. The molecule has 0 fully saturated rings. The Kier molecular flexibility index (Phi) is 4.80. The Morgan fingerprint density at radius 1 is 1.10 bits per heavy atom. The maximum absolute atomic E-state index is 12.7. The molecular formula is C22H23N5O2. The van der Waals surface area contributed by atoms with Gasteiger partial charge in [0.2, 0.25) is 11.9 Å². The van der Waals surface area contributed by atoms with Gasteiger partial charge in [-0.1, -0.05) is 29.8 Å². The topological polar surface area (TPSA) is 80.5 Å². The molecule has 0 aliphatic carbocycles. The minimum Gasteiger partial charge on any atom is -0.497 e. The van der Waals surface area contributed by atoms with Crippen LogP contribution in [0.15, 0.2) is 58.3 Å². The molecule has 0 saturated carbocycles. The van der Waals surface area contributed by atoms with Gasteiger partial charge in [-0.25, -0.2) is 9.98 Å². The summed E-state index contributed by atoms with van der Waals surface area (Å²) in [5.74, 6) is 1.68. The first-order valence-electron chi connectivity index (χ1n) is 9.38. The Balaban J connectivity index is 1.81. The lowest BCUT2D eigenvalue weighted by molar-refractivity contribution is 0.413. The first kappa shape index (κ1) is 18.7. The van der Waals surface area contributed by atoms with Gasteiger partial charge in [0.05, 0.1) is 7.11 Å². The molecule has 29 heavy (non-hydrogen) atoms. The van der Waals surface area contributed by atoms with Gasteiger partial charge >= 0.3 is 0 Å². The molecule has 0 amide bonds. The van der Waals surface area contributed by atoms with Gasteiger partial charge in [0.15, 0.2) is 6.17 Å². The SMILES string of the molecule is COc1cccc([C@H]2N=C(Nc3ccc(C)cc3C)Nc3nc(C)cc(=O)n32)c1. The number of nitrogens with zero attached hydrogens (tertiary/aromatic N) is 3. The van der Waals surface area contributed by atoms with Crippen LogP contribution < -0.4 is 20.9 Å². The highest BCUT2D eigenvalue weighted by atomic mass is 16.5. The van der Waals surface area contributed by atoms with Crippen molar-refractivity contribution in [2.75, 3.05) is 17.7 Å². The van der Waals surface area contributed by atoms with Gasteiger partial charge < -0.3 is 10.1 Å². The number of hydrogen-bond donors (Lipinski definition) is 2. The van der Waals surface area contributed by atoms with E-state index in [1.165, 1.54) is 11.6 Å². The van der Waals surface area contributed by atoms with Gasteiger partial charge in [0, 0.05) is 23.0 Å². The molecule has 1 aliphatic rings. The van der Waals surface area contributed by atoms with E-state index in [9.17, 15) is 4.79 Å². The van der Waals surface area contributed by atoms with E-state index in [1.807, 2.05) is 43.3 Å². The van der Waals surface area contributed by atoms with Crippen molar-refractivity contribution in [3.63, 3.8) is 0 Å². The van der Waals surface area contributed by atoms with E-state index < -0.39 is 6.17 Å². The van der Waals surface area contributed by atoms with Crippen LogP contribution in [0.4, 0.5) is 11.6 Å². The standard InChI is InChI=1S/C22H23N5O2/c1-13-8-9-18(14(2)10-13)24-21-25-20(16-6-5-7-17(12-16)29-4)27-19(28)11-15(3)23-22(27)26-21/h5-12,20H,1-4H3,(H2,23,24,25,26)/t20-/m0/s1. The van der Waals surface area contributed by atoms with Crippen molar-refractivity contribution in [3.8, 4) is 5.75 Å². The summed E-state index contributed by atoms with van der Waals surface area (Å²) in [6, 6.07) is 15.2. The lowest BCUT2D eigenvalue weighted by Gasteiger charge is -2.27. The maximum atomic E-state index is 12.7. The van der Waals surface area contributed by atoms with Crippen LogP contribution >= 0.6 is 0 Å². The van der Waals surface area contributed by atoms with Crippen LogP contribution in [0.2, 0.25) is 0 Å². The molecule has 1 atom stereocenters. The van der Waals surface area contributed by atoms with Crippen LogP contribution in [0.3, 0.4) is 0 Å². The molecule has 1 aliphatic heterocycles.